The summed E-state index contributed by atoms with van der Waals surface area (Å²) in [7, 11) is 0. The highest BCUT2D eigenvalue weighted by Gasteiger charge is 2.41. The average Bonchev–Trinajstić information content (AvgIpc) is 3.37. The second-order valence-electron chi connectivity index (χ2n) is 12.3. The largest absolute Gasteiger partial charge is 0.516 e. The highest BCUT2D eigenvalue weighted by Crippen LogP contribution is 2.49. The number of pyridine rings is 1. The Labute approximate surface area is 242 Å². The number of alkyl halides is 3. The third-order valence-corrected chi connectivity index (χ3v) is 7.99. The predicted molar refractivity (Wildman–Crippen MR) is 155 cm³/mol. The van der Waals surface area contributed by atoms with Gasteiger partial charge in [0.1, 0.15) is 6.10 Å². The molecule has 0 amide bonds. The van der Waals surface area contributed by atoms with Crippen molar-refractivity contribution in [3.8, 4) is 0 Å². The second-order valence-corrected chi connectivity index (χ2v) is 12.3. The van der Waals surface area contributed by atoms with Crippen LogP contribution in [0.25, 0.3) is 0 Å². The van der Waals surface area contributed by atoms with Crippen molar-refractivity contribution in [1.82, 2.24) is 4.98 Å². The van der Waals surface area contributed by atoms with Gasteiger partial charge in [-0.3, -0.25) is 4.98 Å². The van der Waals surface area contributed by atoms with Gasteiger partial charge in [0, 0.05) is 36.0 Å². The Bertz CT molecular complexity index is 1150. The molecule has 228 valence electrons. The number of hydrogen-bond donors (Lipinski definition) is 2. The standard InChI is InChI=1S/C25H28F3NO3.C5H12.C3H6O/c1-24(2)11-18-20(19(30)12-24)17-13-32-23(15-3-5-16(6-4-15)25(26,27)28)21(17)22(29-18)14-7-9-31-10-8-14;1-4-5(2)3;1-2-3-4/h3-6,14,19,23,30H,7-13H2,1-2H3;5H,4H2,1-3H3;2-4H,1H3/b;;3-2+. The van der Waals surface area contributed by atoms with Crippen LogP contribution in [0.5, 0.6) is 0 Å². The van der Waals surface area contributed by atoms with Crippen LogP contribution in [-0.2, 0) is 28.7 Å². The molecule has 5 rings (SSSR count). The maximum Gasteiger partial charge on any atom is 0.416 e. The van der Waals surface area contributed by atoms with Crippen LogP contribution in [0, 0.1) is 11.3 Å². The van der Waals surface area contributed by atoms with Crippen LogP contribution < -0.4 is 0 Å². The van der Waals surface area contributed by atoms with E-state index < -0.39 is 23.9 Å². The van der Waals surface area contributed by atoms with Crippen molar-refractivity contribution in [3.63, 3.8) is 0 Å². The summed E-state index contributed by atoms with van der Waals surface area (Å²) >= 11 is 0. The normalized spacial score (nSPS) is 21.9. The molecule has 3 aliphatic rings. The number of rotatable bonds is 3. The summed E-state index contributed by atoms with van der Waals surface area (Å²) in [6.45, 7) is 14.3. The smallest absolute Gasteiger partial charge is 0.416 e. The fraction of sp³-hybridized carbons (Fsp3) is 0.606. The molecule has 0 saturated carbocycles. The molecular weight excluding hydrogens is 531 g/mol. The van der Waals surface area contributed by atoms with Gasteiger partial charge in [-0.05, 0) is 67.2 Å². The minimum atomic E-state index is -4.38. The summed E-state index contributed by atoms with van der Waals surface area (Å²) in [4.78, 5) is 5.11. The second kappa shape index (κ2) is 14.2. The number of hydrogen-bond acceptors (Lipinski definition) is 5. The van der Waals surface area contributed by atoms with Gasteiger partial charge in [0.2, 0.25) is 0 Å². The molecule has 3 heterocycles. The third kappa shape index (κ3) is 8.33. The quantitative estimate of drug-likeness (QED) is 0.357. The zero-order valence-corrected chi connectivity index (χ0v) is 25.2. The lowest BCUT2D eigenvalue weighted by Crippen LogP contribution is -2.29. The van der Waals surface area contributed by atoms with Gasteiger partial charge >= 0.3 is 6.18 Å². The van der Waals surface area contributed by atoms with E-state index in [4.69, 9.17) is 19.6 Å². The Kier molecular flexibility index (Phi) is 11.4. The molecule has 8 heteroatoms. The Morgan fingerprint density at radius 1 is 1.10 bits per heavy atom. The molecule has 2 aliphatic heterocycles. The molecule has 0 radical (unpaired) electrons. The van der Waals surface area contributed by atoms with Crippen LogP contribution in [0.4, 0.5) is 13.2 Å². The van der Waals surface area contributed by atoms with Crippen molar-refractivity contribution >= 4 is 0 Å². The van der Waals surface area contributed by atoms with Gasteiger partial charge in [0.25, 0.3) is 0 Å². The van der Waals surface area contributed by atoms with Gasteiger partial charge in [-0.2, -0.15) is 13.2 Å². The van der Waals surface area contributed by atoms with Crippen LogP contribution in [0.1, 0.15) is 125 Å². The zero-order chi connectivity index (χ0) is 30.4. The topological polar surface area (TPSA) is 71.8 Å². The number of halogens is 3. The summed E-state index contributed by atoms with van der Waals surface area (Å²) in [5.74, 6) is 1.10. The SMILES string of the molecule is C/C=C/O.CC1(C)Cc2nc(C3CCOCC3)c3c(c2C(O)C1)COC3c1ccc(C(F)(F)F)cc1.CCC(C)C. The molecule has 0 spiro atoms. The number of benzene rings is 1. The van der Waals surface area contributed by atoms with E-state index in [9.17, 15) is 18.3 Å². The maximum atomic E-state index is 13.1. The van der Waals surface area contributed by atoms with Crippen LogP contribution in [0.3, 0.4) is 0 Å². The van der Waals surface area contributed by atoms with Crippen molar-refractivity contribution in [2.75, 3.05) is 13.2 Å². The summed E-state index contributed by atoms with van der Waals surface area (Å²) in [6, 6.07) is 5.20. The van der Waals surface area contributed by atoms with Gasteiger partial charge in [-0.15, -0.1) is 0 Å². The summed E-state index contributed by atoms with van der Waals surface area (Å²) < 4.78 is 50.9. The minimum Gasteiger partial charge on any atom is -0.516 e. The Morgan fingerprint density at radius 3 is 2.20 bits per heavy atom. The molecule has 1 aromatic carbocycles. The van der Waals surface area contributed by atoms with Crippen molar-refractivity contribution < 1.29 is 32.9 Å². The Hall–Kier alpha value is -2.42. The average molecular weight is 578 g/mol. The van der Waals surface area contributed by atoms with Crippen LogP contribution in [0.2, 0.25) is 0 Å². The molecule has 1 aliphatic carbocycles. The lowest BCUT2D eigenvalue weighted by Gasteiger charge is -2.36. The van der Waals surface area contributed by atoms with Crippen LogP contribution in [-0.4, -0.2) is 28.4 Å². The molecule has 2 atom stereocenters. The highest BCUT2D eigenvalue weighted by molar-refractivity contribution is 5.50. The van der Waals surface area contributed by atoms with Crippen LogP contribution >= 0.6 is 0 Å². The van der Waals surface area contributed by atoms with Crippen molar-refractivity contribution in [1.29, 1.82) is 0 Å². The van der Waals surface area contributed by atoms with E-state index in [1.807, 2.05) is 0 Å². The van der Waals surface area contributed by atoms with E-state index in [0.29, 0.717) is 31.8 Å². The molecule has 1 fully saturated rings. The van der Waals surface area contributed by atoms with E-state index in [2.05, 4.69) is 34.6 Å². The molecule has 41 heavy (non-hydrogen) atoms. The lowest BCUT2D eigenvalue weighted by atomic mass is 9.72. The van der Waals surface area contributed by atoms with E-state index in [1.165, 1.54) is 18.6 Å². The monoisotopic (exact) mass is 577 g/mol. The van der Waals surface area contributed by atoms with E-state index in [1.54, 1.807) is 13.0 Å². The third-order valence-electron chi connectivity index (χ3n) is 7.99. The molecule has 1 aromatic heterocycles. The maximum absolute atomic E-state index is 13.1. The van der Waals surface area contributed by atoms with Gasteiger partial charge in [0.05, 0.1) is 30.2 Å². The van der Waals surface area contributed by atoms with Crippen molar-refractivity contribution in [2.24, 2.45) is 11.3 Å². The number of fused-ring (bicyclic) bond motifs is 3. The first-order valence-electron chi connectivity index (χ1n) is 14.7. The first-order valence-corrected chi connectivity index (χ1v) is 14.7. The Balaban J connectivity index is 0.000000451. The van der Waals surface area contributed by atoms with Gasteiger partial charge in [-0.25, -0.2) is 0 Å². The molecule has 2 unspecified atom stereocenters. The highest BCUT2D eigenvalue weighted by atomic mass is 19.4. The fourth-order valence-electron chi connectivity index (χ4n) is 5.51. The number of allylic oxidation sites excluding steroid dienone is 1. The predicted octanol–water partition coefficient (Wildman–Crippen LogP) is 8.75. The molecular formula is C33H46F3NO4. The van der Waals surface area contributed by atoms with Gasteiger partial charge in [-0.1, -0.05) is 59.2 Å². The van der Waals surface area contributed by atoms with Crippen molar-refractivity contribution in [3.05, 3.63) is 75.8 Å². The zero-order valence-electron chi connectivity index (χ0n) is 25.2. The van der Waals surface area contributed by atoms with E-state index >= 15 is 0 Å². The molecule has 2 N–H and O–H groups in total. The Morgan fingerprint density at radius 2 is 1.68 bits per heavy atom. The molecule has 1 saturated heterocycles. The van der Waals surface area contributed by atoms with Gasteiger partial charge < -0.3 is 19.7 Å². The first-order chi connectivity index (χ1) is 19.3. The number of nitrogens with zero attached hydrogens (tertiary/aromatic N) is 1. The summed E-state index contributed by atoms with van der Waals surface area (Å²) in [6.07, 6.45) is 1.52. The van der Waals surface area contributed by atoms with E-state index in [-0.39, 0.29) is 11.3 Å². The molecule has 2 aromatic rings. The van der Waals surface area contributed by atoms with Crippen LogP contribution in [0.15, 0.2) is 36.6 Å². The number of aliphatic hydroxyl groups is 2. The summed E-state index contributed by atoms with van der Waals surface area (Å²) in [5.41, 5.74) is 4.64. The first kappa shape index (κ1) is 33.1. The molecule has 5 nitrogen and oxygen atoms in total. The fourth-order valence-corrected chi connectivity index (χ4v) is 5.51. The van der Waals surface area contributed by atoms with Crippen molar-refractivity contribution in [2.45, 2.75) is 105 Å². The minimum absolute atomic E-state index is 0.0487. The molecule has 0 bridgehead atoms. The van der Waals surface area contributed by atoms with E-state index in [0.717, 1.165) is 71.7 Å². The number of aliphatic hydroxyl groups excluding tert-OH is 2. The van der Waals surface area contributed by atoms with Gasteiger partial charge in [0.15, 0.2) is 0 Å². The summed E-state index contributed by atoms with van der Waals surface area (Å²) in [5, 5.41) is 18.7. The number of aromatic nitrogens is 1. The lowest BCUT2D eigenvalue weighted by molar-refractivity contribution is -0.137. The number of ether oxygens (including phenoxy) is 2.